The average molecular weight is 428 g/mol. The molecule has 10 heteroatoms. The number of aliphatic hydroxyl groups is 1. The van der Waals surface area contributed by atoms with Crippen molar-refractivity contribution in [2.45, 2.75) is 32.4 Å². The van der Waals surface area contributed by atoms with Crippen LogP contribution in [0.25, 0.3) is 0 Å². The first-order valence-corrected chi connectivity index (χ1v) is 10.1. The summed E-state index contributed by atoms with van der Waals surface area (Å²) in [5, 5.41) is 12.8. The number of nitrogens with one attached hydrogen (secondary N) is 1. The van der Waals surface area contributed by atoms with Crippen LogP contribution in [0.1, 0.15) is 25.3 Å². The van der Waals surface area contributed by atoms with Crippen molar-refractivity contribution in [2.24, 2.45) is 0 Å². The highest BCUT2D eigenvalue weighted by Gasteiger charge is 2.25. The quantitative estimate of drug-likeness (QED) is 0.529. The van der Waals surface area contributed by atoms with E-state index in [4.69, 9.17) is 20.9 Å². The SMILES string of the molecule is CCOC(=O)N1Cc2cccc(c2)OC/C=C/CCC(CO)Nc2nc(N)c(N)c1n2. The molecule has 0 radical (unpaired) electrons. The van der Waals surface area contributed by atoms with Gasteiger partial charge in [0.2, 0.25) is 5.95 Å². The number of carbonyl (C=O) groups is 1. The molecule has 4 bridgehead atoms. The van der Waals surface area contributed by atoms with Crippen molar-refractivity contribution in [2.75, 3.05) is 41.5 Å². The zero-order valence-corrected chi connectivity index (χ0v) is 17.5. The number of amides is 1. The first-order chi connectivity index (χ1) is 15.0. The fourth-order valence-corrected chi connectivity index (χ4v) is 3.11. The van der Waals surface area contributed by atoms with Crippen molar-refractivity contribution in [1.29, 1.82) is 0 Å². The van der Waals surface area contributed by atoms with Gasteiger partial charge in [-0.1, -0.05) is 24.3 Å². The zero-order valence-electron chi connectivity index (χ0n) is 17.5. The van der Waals surface area contributed by atoms with Crippen LogP contribution in [-0.2, 0) is 11.3 Å². The highest BCUT2D eigenvalue weighted by atomic mass is 16.6. The molecular weight excluding hydrogens is 400 g/mol. The maximum absolute atomic E-state index is 12.8. The second-order valence-corrected chi connectivity index (χ2v) is 6.99. The lowest BCUT2D eigenvalue weighted by Gasteiger charge is -2.24. The largest absolute Gasteiger partial charge is 0.490 e. The molecule has 31 heavy (non-hydrogen) atoms. The number of rotatable bonds is 2. The van der Waals surface area contributed by atoms with Gasteiger partial charge in [0.05, 0.1) is 25.8 Å². The number of allylic oxidation sites excluding steroid dienone is 1. The van der Waals surface area contributed by atoms with Crippen LogP contribution in [-0.4, -0.2) is 47.0 Å². The molecule has 2 aromatic rings. The first-order valence-electron chi connectivity index (χ1n) is 10.1. The molecule has 166 valence electrons. The molecule has 0 aliphatic carbocycles. The third kappa shape index (κ3) is 5.76. The van der Waals surface area contributed by atoms with Gasteiger partial charge in [-0.05, 0) is 37.5 Å². The molecule has 3 rings (SSSR count). The van der Waals surface area contributed by atoms with E-state index in [0.29, 0.717) is 25.2 Å². The van der Waals surface area contributed by atoms with E-state index in [1.54, 1.807) is 6.92 Å². The van der Waals surface area contributed by atoms with Crippen LogP contribution >= 0.6 is 0 Å². The Bertz CT molecular complexity index is 936. The monoisotopic (exact) mass is 428 g/mol. The molecule has 1 aliphatic heterocycles. The average Bonchev–Trinajstić information content (AvgIpc) is 2.76. The predicted octanol–water partition coefficient (Wildman–Crippen LogP) is 2.31. The summed E-state index contributed by atoms with van der Waals surface area (Å²) >= 11 is 0. The third-order valence-electron chi connectivity index (χ3n) is 4.69. The molecule has 0 saturated carbocycles. The van der Waals surface area contributed by atoms with Gasteiger partial charge < -0.3 is 31.4 Å². The smallest absolute Gasteiger partial charge is 0.415 e. The highest BCUT2D eigenvalue weighted by molar-refractivity contribution is 5.92. The number of ether oxygens (including phenoxy) is 2. The van der Waals surface area contributed by atoms with Crippen molar-refractivity contribution in [3.63, 3.8) is 0 Å². The second-order valence-electron chi connectivity index (χ2n) is 6.99. The van der Waals surface area contributed by atoms with Gasteiger partial charge in [-0.25, -0.2) is 4.79 Å². The van der Waals surface area contributed by atoms with E-state index in [9.17, 15) is 9.90 Å². The van der Waals surface area contributed by atoms with E-state index >= 15 is 0 Å². The van der Waals surface area contributed by atoms with Crippen LogP contribution in [0, 0.1) is 0 Å². The number of hydrogen-bond donors (Lipinski definition) is 4. The molecule has 6 N–H and O–H groups in total. The number of aliphatic hydroxyl groups excluding tert-OH is 1. The van der Waals surface area contributed by atoms with Crippen LogP contribution in [0.15, 0.2) is 36.4 Å². The molecule has 10 nitrogen and oxygen atoms in total. The molecule has 1 atom stereocenters. The molecule has 1 aromatic carbocycles. The summed E-state index contributed by atoms with van der Waals surface area (Å²) in [5.41, 5.74) is 13.0. The van der Waals surface area contributed by atoms with Gasteiger partial charge in [-0.3, -0.25) is 4.90 Å². The molecule has 1 aliphatic rings. The summed E-state index contributed by atoms with van der Waals surface area (Å²) in [6.07, 6.45) is 4.65. The Morgan fingerprint density at radius 3 is 2.97 bits per heavy atom. The Balaban J connectivity index is 2.06. The molecule has 0 fully saturated rings. The molecule has 0 saturated heterocycles. The van der Waals surface area contributed by atoms with Crippen molar-refractivity contribution in [1.82, 2.24) is 9.97 Å². The van der Waals surface area contributed by atoms with Crippen LogP contribution in [0.2, 0.25) is 0 Å². The molecule has 1 aromatic heterocycles. The topological polar surface area (TPSA) is 149 Å². The summed E-state index contributed by atoms with van der Waals surface area (Å²) in [6.45, 7) is 2.32. The minimum Gasteiger partial charge on any atom is -0.490 e. The number of hydrogen-bond acceptors (Lipinski definition) is 9. The standard InChI is InChI=1S/C21H28N6O4/c1-2-30-21(29)27-12-14-7-6-9-16(11-14)31-10-5-3-4-8-15(13-28)24-20-25-18(23)17(22)19(27)26-20/h3,5-7,9,11,15,28H,2,4,8,10,12-13,22H2,1H3,(H3,23,24,25,26)/b5-3+. The van der Waals surface area contributed by atoms with Gasteiger partial charge in [0.25, 0.3) is 0 Å². The fourth-order valence-electron chi connectivity index (χ4n) is 3.11. The first kappa shape index (κ1) is 22.2. The minimum atomic E-state index is -0.618. The lowest BCUT2D eigenvalue weighted by Crippen LogP contribution is -2.33. The molecule has 1 amide bonds. The van der Waals surface area contributed by atoms with Gasteiger partial charge in [0.15, 0.2) is 11.6 Å². The van der Waals surface area contributed by atoms with Crippen LogP contribution in [0.5, 0.6) is 5.75 Å². The van der Waals surface area contributed by atoms with Crippen LogP contribution < -0.4 is 26.4 Å². The highest BCUT2D eigenvalue weighted by Crippen LogP contribution is 2.29. The van der Waals surface area contributed by atoms with E-state index in [0.717, 1.165) is 5.56 Å². The normalized spacial score (nSPS) is 17.9. The molecule has 2 heterocycles. The number of carbonyl (C=O) groups excluding carboxylic acids is 1. The van der Waals surface area contributed by atoms with E-state index in [2.05, 4.69) is 15.3 Å². The lowest BCUT2D eigenvalue weighted by molar-refractivity contribution is 0.159. The Labute approximate surface area is 180 Å². The number of nitrogen functional groups attached to an aromatic ring is 2. The Kier molecular flexibility index (Phi) is 7.50. The summed E-state index contributed by atoms with van der Waals surface area (Å²) < 4.78 is 11.0. The van der Waals surface area contributed by atoms with E-state index < -0.39 is 6.09 Å². The Morgan fingerprint density at radius 1 is 1.35 bits per heavy atom. The number of nitrogens with zero attached hydrogens (tertiary/aromatic N) is 3. The van der Waals surface area contributed by atoms with E-state index in [-0.39, 0.29) is 49.1 Å². The summed E-state index contributed by atoms with van der Waals surface area (Å²) in [6, 6.07) is 7.08. The second kappa shape index (κ2) is 10.5. The van der Waals surface area contributed by atoms with Crippen molar-refractivity contribution >= 4 is 29.4 Å². The van der Waals surface area contributed by atoms with Gasteiger partial charge in [0.1, 0.15) is 18.0 Å². The number of nitrogens with two attached hydrogens (primary N) is 2. The van der Waals surface area contributed by atoms with Crippen LogP contribution in [0.3, 0.4) is 0 Å². The van der Waals surface area contributed by atoms with Crippen molar-refractivity contribution < 1.29 is 19.4 Å². The van der Waals surface area contributed by atoms with E-state index in [1.807, 2.05) is 36.4 Å². The predicted molar refractivity (Wildman–Crippen MR) is 119 cm³/mol. The number of fused-ring (bicyclic) bond motifs is 4. The maximum atomic E-state index is 12.8. The summed E-state index contributed by atoms with van der Waals surface area (Å²) in [4.78, 5) is 22.7. The fraction of sp³-hybridized carbons (Fsp3) is 0.381. The van der Waals surface area contributed by atoms with Crippen molar-refractivity contribution in [3.05, 3.63) is 42.0 Å². The van der Waals surface area contributed by atoms with E-state index in [1.165, 1.54) is 4.90 Å². The lowest BCUT2D eigenvalue weighted by atomic mass is 10.1. The third-order valence-corrected chi connectivity index (χ3v) is 4.69. The number of anilines is 4. The zero-order chi connectivity index (χ0) is 22.2. The van der Waals surface area contributed by atoms with Gasteiger partial charge in [0, 0.05) is 0 Å². The molecular formula is C21H28N6O4. The van der Waals surface area contributed by atoms with Gasteiger partial charge >= 0.3 is 6.09 Å². The molecule has 1 unspecified atom stereocenters. The maximum Gasteiger partial charge on any atom is 0.415 e. The van der Waals surface area contributed by atoms with Gasteiger partial charge in [-0.15, -0.1) is 0 Å². The van der Waals surface area contributed by atoms with Crippen LogP contribution in [0.4, 0.5) is 28.1 Å². The summed E-state index contributed by atoms with van der Waals surface area (Å²) in [7, 11) is 0. The molecule has 0 spiro atoms. The number of aromatic nitrogens is 2. The Hall–Kier alpha value is -3.53. The van der Waals surface area contributed by atoms with Gasteiger partial charge in [-0.2, -0.15) is 9.97 Å². The van der Waals surface area contributed by atoms with Crippen molar-refractivity contribution in [3.8, 4) is 5.75 Å². The minimum absolute atomic E-state index is 0.0246. The number of benzene rings is 1. The summed E-state index contributed by atoms with van der Waals surface area (Å²) in [5.74, 6) is 0.993. The Morgan fingerprint density at radius 2 is 2.19 bits per heavy atom.